The van der Waals surface area contributed by atoms with E-state index in [0.717, 1.165) is 5.56 Å². The summed E-state index contributed by atoms with van der Waals surface area (Å²) in [6.07, 6.45) is 3.37. The van der Waals surface area contributed by atoms with E-state index in [-0.39, 0.29) is 16.4 Å². The largest absolute Gasteiger partial charge is 0.268 e. The zero-order valence-corrected chi connectivity index (χ0v) is 15.2. The van der Waals surface area contributed by atoms with Crippen LogP contribution in [0, 0.1) is 11.6 Å². The highest BCUT2D eigenvalue weighted by atomic mass is 35.5. The molecular weight excluding hydrogens is 382 g/mol. The van der Waals surface area contributed by atoms with Crippen LogP contribution in [0.1, 0.15) is 11.4 Å². The minimum Gasteiger partial charge on any atom is -0.268 e. The SMILES string of the molecule is O=c1c2ccccc2nc(C=Cc2ccc(F)cc2)n1-c1ccc(F)c(Cl)c1. The first-order valence-corrected chi connectivity index (χ1v) is 8.81. The van der Waals surface area contributed by atoms with Gasteiger partial charge in [-0.3, -0.25) is 9.36 Å². The number of fused-ring (bicyclic) bond motifs is 1. The fourth-order valence-corrected chi connectivity index (χ4v) is 3.05. The highest BCUT2D eigenvalue weighted by Crippen LogP contribution is 2.21. The summed E-state index contributed by atoms with van der Waals surface area (Å²) in [7, 11) is 0. The number of benzene rings is 3. The lowest BCUT2D eigenvalue weighted by atomic mass is 10.2. The Morgan fingerprint density at radius 2 is 1.68 bits per heavy atom. The van der Waals surface area contributed by atoms with Crippen LogP contribution in [-0.2, 0) is 0 Å². The molecule has 0 aliphatic carbocycles. The molecule has 0 unspecified atom stereocenters. The van der Waals surface area contributed by atoms with Crippen molar-refractivity contribution in [3.05, 3.63) is 105 Å². The van der Waals surface area contributed by atoms with Crippen molar-refractivity contribution >= 4 is 34.7 Å². The summed E-state index contributed by atoms with van der Waals surface area (Å²) in [6, 6.07) is 16.9. The van der Waals surface area contributed by atoms with Crippen LogP contribution in [0.5, 0.6) is 0 Å². The molecule has 28 heavy (non-hydrogen) atoms. The predicted octanol–water partition coefficient (Wildman–Crippen LogP) is 5.49. The molecule has 1 aromatic heterocycles. The maximum Gasteiger partial charge on any atom is 0.266 e. The molecular formula is C22H13ClF2N2O. The first-order valence-electron chi connectivity index (χ1n) is 8.44. The summed E-state index contributed by atoms with van der Waals surface area (Å²) < 4.78 is 28.1. The maximum atomic E-state index is 13.6. The third-order valence-corrected chi connectivity index (χ3v) is 4.55. The third kappa shape index (κ3) is 3.44. The Bertz CT molecular complexity index is 1260. The van der Waals surface area contributed by atoms with Crippen LogP contribution in [0.4, 0.5) is 8.78 Å². The normalized spacial score (nSPS) is 11.4. The van der Waals surface area contributed by atoms with Crippen molar-refractivity contribution in [1.29, 1.82) is 0 Å². The molecule has 0 atom stereocenters. The molecule has 0 radical (unpaired) electrons. The van der Waals surface area contributed by atoms with Crippen LogP contribution in [0.3, 0.4) is 0 Å². The summed E-state index contributed by atoms with van der Waals surface area (Å²) >= 11 is 5.91. The molecule has 0 aliphatic rings. The molecule has 0 saturated carbocycles. The van der Waals surface area contributed by atoms with Gasteiger partial charge in [0.1, 0.15) is 17.5 Å². The number of aromatic nitrogens is 2. The fourth-order valence-electron chi connectivity index (χ4n) is 2.88. The molecule has 0 bridgehead atoms. The number of para-hydroxylation sites is 1. The van der Waals surface area contributed by atoms with Crippen LogP contribution >= 0.6 is 11.6 Å². The summed E-state index contributed by atoms with van der Waals surface area (Å²) in [4.78, 5) is 17.7. The van der Waals surface area contributed by atoms with E-state index in [1.807, 2.05) is 0 Å². The van der Waals surface area contributed by atoms with Crippen LogP contribution < -0.4 is 5.56 Å². The lowest BCUT2D eigenvalue weighted by molar-refractivity contribution is 0.627. The molecule has 4 rings (SSSR count). The molecule has 6 heteroatoms. The second-order valence-corrected chi connectivity index (χ2v) is 6.52. The third-order valence-electron chi connectivity index (χ3n) is 4.26. The average Bonchev–Trinajstić information content (AvgIpc) is 2.70. The molecule has 3 nitrogen and oxygen atoms in total. The Morgan fingerprint density at radius 3 is 2.43 bits per heavy atom. The van der Waals surface area contributed by atoms with Gasteiger partial charge in [0.15, 0.2) is 0 Å². The zero-order valence-electron chi connectivity index (χ0n) is 14.4. The quantitative estimate of drug-likeness (QED) is 0.460. The molecule has 1 heterocycles. The second kappa shape index (κ2) is 7.37. The summed E-state index contributed by atoms with van der Waals surface area (Å²) in [6.45, 7) is 0. The molecule has 0 fully saturated rings. The molecule has 4 aromatic rings. The number of rotatable bonds is 3. The van der Waals surface area contributed by atoms with Crippen molar-refractivity contribution in [2.24, 2.45) is 0 Å². The number of halogens is 3. The van der Waals surface area contributed by atoms with Gasteiger partial charge < -0.3 is 0 Å². The van der Waals surface area contributed by atoms with Gasteiger partial charge in [-0.15, -0.1) is 0 Å². The van der Waals surface area contributed by atoms with Crippen molar-refractivity contribution in [2.45, 2.75) is 0 Å². The Hall–Kier alpha value is -3.31. The van der Waals surface area contributed by atoms with Crippen LogP contribution in [-0.4, -0.2) is 9.55 Å². The summed E-state index contributed by atoms with van der Waals surface area (Å²) in [5.74, 6) is -0.565. The molecule has 0 spiro atoms. The number of hydrogen-bond acceptors (Lipinski definition) is 2. The minimum atomic E-state index is -0.574. The zero-order chi connectivity index (χ0) is 19.7. The van der Waals surface area contributed by atoms with Gasteiger partial charge in [0, 0.05) is 0 Å². The topological polar surface area (TPSA) is 34.9 Å². The molecule has 0 amide bonds. The van der Waals surface area contributed by atoms with Gasteiger partial charge in [0.2, 0.25) is 0 Å². The van der Waals surface area contributed by atoms with E-state index in [0.29, 0.717) is 22.4 Å². The summed E-state index contributed by atoms with van der Waals surface area (Å²) in [5, 5.41) is 0.341. The molecule has 3 aromatic carbocycles. The van der Waals surface area contributed by atoms with Gasteiger partial charge in [-0.25, -0.2) is 13.8 Å². The number of hydrogen-bond donors (Lipinski definition) is 0. The van der Waals surface area contributed by atoms with E-state index in [9.17, 15) is 13.6 Å². The van der Waals surface area contributed by atoms with Crippen LogP contribution in [0.15, 0.2) is 71.5 Å². The standard InChI is InChI=1S/C22H13ClF2N2O/c23-18-13-16(10-11-19(18)25)27-21(12-7-14-5-8-15(24)9-6-14)26-20-4-2-1-3-17(20)22(27)28/h1-13H. The van der Waals surface area contributed by atoms with Gasteiger partial charge in [-0.2, -0.15) is 0 Å². The first kappa shape index (κ1) is 18.1. The summed E-state index contributed by atoms with van der Waals surface area (Å²) in [5.41, 5.74) is 1.38. The van der Waals surface area contributed by atoms with Gasteiger partial charge in [-0.1, -0.05) is 41.9 Å². The number of nitrogens with zero attached hydrogens (tertiary/aromatic N) is 2. The van der Waals surface area contributed by atoms with Gasteiger partial charge in [-0.05, 0) is 54.1 Å². The van der Waals surface area contributed by atoms with Crippen LogP contribution in [0.2, 0.25) is 5.02 Å². The van der Waals surface area contributed by atoms with Crippen LogP contribution in [0.25, 0.3) is 28.7 Å². The van der Waals surface area contributed by atoms with E-state index in [2.05, 4.69) is 4.98 Å². The van der Waals surface area contributed by atoms with E-state index < -0.39 is 5.82 Å². The monoisotopic (exact) mass is 394 g/mol. The van der Waals surface area contributed by atoms with Gasteiger partial charge in [0.05, 0.1) is 21.6 Å². The second-order valence-electron chi connectivity index (χ2n) is 6.11. The highest BCUT2D eigenvalue weighted by molar-refractivity contribution is 6.30. The van der Waals surface area contributed by atoms with Crippen molar-refractivity contribution in [3.63, 3.8) is 0 Å². The Morgan fingerprint density at radius 1 is 0.929 bits per heavy atom. The van der Waals surface area contributed by atoms with E-state index >= 15 is 0 Å². The Labute approximate surface area is 164 Å². The maximum absolute atomic E-state index is 13.6. The van der Waals surface area contributed by atoms with Crippen molar-refractivity contribution in [3.8, 4) is 5.69 Å². The fraction of sp³-hybridized carbons (Fsp3) is 0. The van der Waals surface area contributed by atoms with Crippen molar-refractivity contribution < 1.29 is 8.78 Å². The first-order chi connectivity index (χ1) is 13.5. The van der Waals surface area contributed by atoms with E-state index in [1.165, 1.54) is 34.9 Å². The van der Waals surface area contributed by atoms with Gasteiger partial charge in [0.25, 0.3) is 5.56 Å². The van der Waals surface area contributed by atoms with Crippen molar-refractivity contribution in [2.75, 3.05) is 0 Å². The Balaban J connectivity index is 1.94. The predicted molar refractivity (Wildman–Crippen MR) is 108 cm³/mol. The Kier molecular flexibility index (Phi) is 4.75. The van der Waals surface area contributed by atoms with Gasteiger partial charge >= 0.3 is 0 Å². The lowest BCUT2D eigenvalue weighted by Crippen LogP contribution is -2.22. The van der Waals surface area contributed by atoms with Crippen molar-refractivity contribution in [1.82, 2.24) is 9.55 Å². The van der Waals surface area contributed by atoms with E-state index in [1.54, 1.807) is 48.6 Å². The average molecular weight is 395 g/mol. The molecule has 0 N–H and O–H groups in total. The molecule has 138 valence electrons. The molecule has 0 aliphatic heterocycles. The highest BCUT2D eigenvalue weighted by Gasteiger charge is 2.12. The lowest BCUT2D eigenvalue weighted by Gasteiger charge is -2.12. The van der Waals surface area contributed by atoms with E-state index in [4.69, 9.17) is 11.6 Å². The smallest absolute Gasteiger partial charge is 0.266 e. The molecule has 0 saturated heterocycles. The minimum absolute atomic E-state index is 0.0916.